The van der Waals surface area contributed by atoms with E-state index in [0.717, 1.165) is 37.2 Å². The van der Waals surface area contributed by atoms with Gasteiger partial charge in [0.2, 0.25) is 5.91 Å². The molecule has 3 aliphatic heterocycles. The molecule has 2 saturated heterocycles. The number of nitrogens with zero attached hydrogens (tertiary/aromatic N) is 3. The Morgan fingerprint density at radius 1 is 1.35 bits per heavy atom. The number of nitrogens with one attached hydrogen (secondary N) is 2. The summed E-state index contributed by atoms with van der Waals surface area (Å²) >= 11 is 0. The summed E-state index contributed by atoms with van der Waals surface area (Å²) in [5.41, 5.74) is 1.74. The van der Waals surface area contributed by atoms with Crippen molar-refractivity contribution in [3.05, 3.63) is 17.7 Å². The van der Waals surface area contributed by atoms with E-state index in [4.69, 9.17) is 4.74 Å². The molecule has 0 saturated carbocycles. The van der Waals surface area contributed by atoms with Gasteiger partial charge in [-0.15, -0.1) is 0 Å². The van der Waals surface area contributed by atoms with E-state index >= 15 is 0 Å². The first-order chi connectivity index (χ1) is 12.7. The van der Waals surface area contributed by atoms with Gasteiger partial charge in [-0.2, -0.15) is 0 Å². The quantitative estimate of drug-likeness (QED) is 0.774. The van der Waals surface area contributed by atoms with Gasteiger partial charge in [0, 0.05) is 51.3 Å². The number of hydrogen-bond donors (Lipinski definition) is 2. The summed E-state index contributed by atoms with van der Waals surface area (Å²) in [7, 11) is 0. The summed E-state index contributed by atoms with van der Waals surface area (Å²) in [5.74, 6) is 0.219. The first-order valence-corrected chi connectivity index (χ1v) is 9.60. The number of hydrogen-bond acceptors (Lipinski definition) is 5. The van der Waals surface area contributed by atoms with Crippen molar-refractivity contribution in [2.24, 2.45) is 0 Å². The summed E-state index contributed by atoms with van der Waals surface area (Å²) in [6.07, 6.45) is 4.09. The van der Waals surface area contributed by atoms with Crippen molar-refractivity contribution in [2.75, 3.05) is 39.3 Å². The zero-order valence-corrected chi connectivity index (χ0v) is 15.3. The standard InChI is InChI=1S/C18H27N5O3/c1-2-15(24)23-7-3-13-16(21-12-20-13)18(23)4-8-22(9-5-18)17(25)14-11-19-6-10-26-14/h12,14,19H,2-11H2,1H3,(H,20,21)/t14-/m0/s1. The molecule has 1 aromatic heterocycles. The number of carbonyl (C=O) groups excluding carboxylic acids is 2. The van der Waals surface area contributed by atoms with E-state index in [0.29, 0.717) is 39.2 Å². The second kappa shape index (κ2) is 7.00. The van der Waals surface area contributed by atoms with Crippen LogP contribution in [0.1, 0.15) is 37.6 Å². The molecule has 8 nitrogen and oxygen atoms in total. The number of likely N-dealkylation sites (tertiary alicyclic amines) is 1. The molecule has 1 atom stereocenters. The fraction of sp³-hybridized carbons (Fsp3) is 0.722. The summed E-state index contributed by atoms with van der Waals surface area (Å²) in [4.78, 5) is 37.1. The van der Waals surface area contributed by atoms with Gasteiger partial charge in [-0.3, -0.25) is 9.59 Å². The number of aromatic nitrogens is 2. The fourth-order valence-electron chi connectivity index (χ4n) is 4.56. The van der Waals surface area contributed by atoms with Crippen molar-refractivity contribution in [1.29, 1.82) is 0 Å². The van der Waals surface area contributed by atoms with Crippen LogP contribution in [0.4, 0.5) is 0 Å². The number of rotatable bonds is 2. The maximum atomic E-state index is 12.8. The van der Waals surface area contributed by atoms with E-state index in [1.807, 2.05) is 16.7 Å². The van der Waals surface area contributed by atoms with Crippen molar-refractivity contribution < 1.29 is 14.3 Å². The van der Waals surface area contributed by atoms with Crippen molar-refractivity contribution in [3.63, 3.8) is 0 Å². The SMILES string of the molecule is CCC(=O)N1CCc2[nH]cnc2C12CCN(C(=O)[C@@H]1CNCCO1)CC2. The second-order valence-corrected chi connectivity index (χ2v) is 7.30. The van der Waals surface area contributed by atoms with E-state index in [9.17, 15) is 9.59 Å². The van der Waals surface area contributed by atoms with Crippen molar-refractivity contribution in [3.8, 4) is 0 Å². The van der Waals surface area contributed by atoms with E-state index in [1.54, 1.807) is 6.33 Å². The molecule has 0 aromatic carbocycles. The van der Waals surface area contributed by atoms with Gasteiger partial charge in [0.15, 0.2) is 0 Å². The van der Waals surface area contributed by atoms with Crippen LogP contribution in [0.2, 0.25) is 0 Å². The molecule has 2 fully saturated rings. The Hall–Kier alpha value is -1.93. The van der Waals surface area contributed by atoms with Gasteiger partial charge < -0.3 is 24.8 Å². The van der Waals surface area contributed by atoms with Crippen LogP contribution in [0.15, 0.2) is 6.33 Å². The lowest BCUT2D eigenvalue weighted by Gasteiger charge is -2.50. The molecule has 8 heteroatoms. The third-order valence-electron chi connectivity index (χ3n) is 5.97. The van der Waals surface area contributed by atoms with Crippen LogP contribution in [0.3, 0.4) is 0 Å². The number of amides is 2. The molecule has 3 aliphatic rings. The van der Waals surface area contributed by atoms with Crippen LogP contribution < -0.4 is 5.32 Å². The lowest BCUT2D eigenvalue weighted by Crippen LogP contribution is -2.60. The molecule has 26 heavy (non-hydrogen) atoms. The number of carbonyl (C=O) groups is 2. The van der Waals surface area contributed by atoms with Crippen LogP contribution in [-0.2, 0) is 26.3 Å². The van der Waals surface area contributed by atoms with Gasteiger partial charge in [-0.1, -0.05) is 6.92 Å². The van der Waals surface area contributed by atoms with Gasteiger partial charge in [0.1, 0.15) is 6.10 Å². The molecule has 4 heterocycles. The molecule has 0 unspecified atom stereocenters. The summed E-state index contributed by atoms with van der Waals surface area (Å²) < 4.78 is 5.61. The predicted octanol–water partition coefficient (Wildman–Crippen LogP) is 0.0105. The fourth-order valence-corrected chi connectivity index (χ4v) is 4.56. The van der Waals surface area contributed by atoms with Gasteiger partial charge >= 0.3 is 0 Å². The molecule has 142 valence electrons. The highest BCUT2D eigenvalue weighted by molar-refractivity contribution is 5.81. The topological polar surface area (TPSA) is 90.6 Å². The predicted molar refractivity (Wildman–Crippen MR) is 94.4 cm³/mol. The second-order valence-electron chi connectivity index (χ2n) is 7.30. The smallest absolute Gasteiger partial charge is 0.253 e. The van der Waals surface area contributed by atoms with Gasteiger partial charge in [0.25, 0.3) is 5.91 Å². The Labute approximate surface area is 153 Å². The number of ether oxygens (including phenoxy) is 1. The average Bonchev–Trinajstić information content (AvgIpc) is 3.18. The molecule has 4 rings (SSSR count). The molecule has 2 N–H and O–H groups in total. The molecule has 0 bridgehead atoms. The Morgan fingerprint density at radius 2 is 2.15 bits per heavy atom. The van der Waals surface area contributed by atoms with Crippen LogP contribution >= 0.6 is 0 Å². The summed E-state index contributed by atoms with van der Waals surface area (Å²) in [6.45, 7) is 5.81. The molecule has 1 spiro atoms. The minimum absolute atomic E-state index is 0.0541. The number of fused-ring (bicyclic) bond motifs is 2. The van der Waals surface area contributed by atoms with Crippen molar-refractivity contribution in [2.45, 2.75) is 44.2 Å². The number of imidazole rings is 1. The van der Waals surface area contributed by atoms with E-state index < -0.39 is 6.10 Å². The Bertz CT molecular complexity index is 674. The molecule has 2 amide bonds. The van der Waals surface area contributed by atoms with Gasteiger partial charge in [-0.25, -0.2) is 4.98 Å². The minimum atomic E-state index is -0.390. The van der Waals surface area contributed by atoms with Gasteiger partial charge in [0.05, 0.1) is 24.2 Å². The van der Waals surface area contributed by atoms with Crippen LogP contribution in [0.5, 0.6) is 0 Å². The lowest BCUT2D eigenvalue weighted by molar-refractivity contribution is -0.151. The van der Waals surface area contributed by atoms with Crippen LogP contribution in [0, 0.1) is 0 Å². The minimum Gasteiger partial charge on any atom is -0.366 e. The normalized spacial score (nSPS) is 25.2. The zero-order chi connectivity index (χ0) is 18.1. The molecule has 1 aromatic rings. The van der Waals surface area contributed by atoms with Gasteiger partial charge in [-0.05, 0) is 12.8 Å². The highest BCUT2D eigenvalue weighted by Crippen LogP contribution is 2.42. The monoisotopic (exact) mass is 361 g/mol. The van der Waals surface area contributed by atoms with E-state index in [2.05, 4.69) is 15.3 Å². The Morgan fingerprint density at radius 3 is 2.85 bits per heavy atom. The molecule has 0 radical (unpaired) electrons. The number of piperidine rings is 1. The first-order valence-electron chi connectivity index (χ1n) is 9.60. The highest BCUT2D eigenvalue weighted by atomic mass is 16.5. The van der Waals surface area contributed by atoms with Crippen molar-refractivity contribution in [1.82, 2.24) is 25.1 Å². The third-order valence-corrected chi connectivity index (χ3v) is 5.97. The Kier molecular flexibility index (Phi) is 4.71. The molecular weight excluding hydrogens is 334 g/mol. The van der Waals surface area contributed by atoms with E-state index in [1.165, 1.54) is 0 Å². The number of H-pyrrole nitrogens is 1. The first kappa shape index (κ1) is 17.5. The molecular formula is C18H27N5O3. The molecule has 0 aliphatic carbocycles. The summed E-state index contributed by atoms with van der Waals surface area (Å²) in [6, 6.07) is 0. The van der Waals surface area contributed by atoms with E-state index in [-0.39, 0.29) is 17.4 Å². The number of morpholine rings is 1. The highest BCUT2D eigenvalue weighted by Gasteiger charge is 2.49. The third kappa shape index (κ3) is 2.81. The number of aromatic amines is 1. The average molecular weight is 361 g/mol. The maximum Gasteiger partial charge on any atom is 0.253 e. The van der Waals surface area contributed by atoms with Crippen LogP contribution in [-0.4, -0.2) is 77.0 Å². The lowest BCUT2D eigenvalue weighted by atomic mass is 9.78. The Balaban J connectivity index is 1.53. The van der Waals surface area contributed by atoms with Crippen molar-refractivity contribution >= 4 is 11.8 Å². The largest absolute Gasteiger partial charge is 0.366 e. The van der Waals surface area contributed by atoms with Crippen LogP contribution in [0.25, 0.3) is 0 Å². The summed E-state index contributed by atoms with van der Waals surface area (Å²) in [5, 5.41) is 3.21. The zero-order valence-electron chi connectivity index (χ0n) is 15.3. The maximum absolute atomic E-state index is 12.8.